The molecule has 0 spiro atoms. The summed E-state index contributed by atoms with van der Waals surface area (Å²) in [7, 11) is 2.89. The van der Waals surface area contributed by atoms with Gasteiger partial charge in [0.2, 0.25) is 5.91 Å². The highest BCUT2D eigenvalue weighted by atomic mass is 16.5. The second-order valence-corrected chi connectivity index (χ2v) is 9.44. The number of methoxy groups -OCH3 is 2. The zero-order chi connectivity index (χ0) is 25.8. The molecule has 0 saturated heterocycles. The first-order chi connectivity index (χ1) is 17.4. The van der Waals surface area contributed by atoms with Crippen molar-refractivity contribution in [3.63, 3.8) is 0 Å². The highest BCUT2D eigenvalue weighted by molar-refractivity contribution is 6.15. The first-order valence-electron chi connectivity index (χ1n) is 12.6. The van der Waals surface area contributed by atoms with Crippen LogP contribution >= 0.6 is 0 Å². The van der Waals surface area contributed by atoms with Crippen LogP contribution in [0.5, 0.6) is 5.75 Å². The van der Waals surface area contributed by atoms with Gasteiger partial charge in [0.25, 0.3) is 0 Å². The molecule has 2 aromatic carbocycles. The minimum atomic E-state index is -0.446. The summed E-state index contributed by atoms with van der Waals surface area (Å²) in [4.78, 5) is 37.6. The minimum Gasteiger partial charge on any atom is -0.496 e. The maximum absolute atomic E-state index is 13.3. The van der Waals surface area contributed by atoms with E-state index in [1.165, 1.54) is 32.4 Å². The van der Waals surface area contributed by atoms with E-state index in [0.29, 0.717) is 48.0 Å². The van der Waals surface area contributed by atoms with E-state index in [1.54, 1.807) is 19.2 Å². The van der Waals surface area contributed by atoms with Crippen molar-refractivity contribution in [2.24, 2.45) is 0 Å². The first kappa shape index (κ1) is 25.5. The normalized spacial score (nSPS) is 13.7. The van der Waals surface area contributed by atoms with Gasteiger partial charge in [-0.1, -0.05) is 38.0 Å². The monoisotopic (exact) mass is 490 g/mol. The highest BCUT2D eigenvalue weighted by Crippen LogP contribution is 2.39. The fraction of sp³-hybridized carbons (Fsp3) is 0.414. The van der Waals surface area contributed by atoms with E-state index in [1.807, 2.05) is 23.6 Å². The Bertz CT molecular complexity index is 1300. The molecule has 1 heterocycles. The fourth-order valence-corrected chi connectivity index (χ4v) is 5.27. The number of aromatic nitrogens is 1. The summed E-state index contributed by atoms with van der Waals surface area (Å²) in [6, 6.07) is 11.5. The van der Waals surface area contributed by atoms with Gasteiger partial charge in [-0.25, -0.2) is 4.79 Å². The quantitative estimate of drug-likeness (QED) is 0.290. The van der Waals surface area contributed by atoms with Gasteiger partial charge in [0.15, 0.2) is 5.78 Å². The van der Waals surface area contributed by atoms with E-state index in [0.717, 1.165) is 29.3 Å². The number of nitrogens with one attached hydrogen (secondary N) is 1. The number of hydrogen-bond acceptors (Lipinski definition) is 5. The summed E-state index contributed by atoms with van der Waals surface area (Å²) < 4.78 is 12.4. The Kier molecular flexibility index (Phi) is 7.77. The van der Waals surface area contributed by atoms with E-state index in [2.05, 4.69) is 17.4 Å². The minimum absolute atomic E-state index is 0.00613. The molecule has 1 saturated carbocycles. The SMILES string of the molecule is CCCC(=O)c1c(NC(C)=O)n(Cc2ccc(C(=O)OC)cc2OC)c2cc(C3CCCC3)ccc12. The number of ketones is 1. The number of fused-ring (bicyclic) bond motifs is 1. The van der Waals surface area contributed by atoms with E-state index in [-0.39, 0.29) is 11.7 Å². The van der Waals surface area contributed by atoms with Crippen LogP contribution < -0.4 is 10.1 Å². The summed E-state index contributed by atoms with van der Waals surface area (Å²) >= 11 is 0. The molecule has 0 aliphatic heterocycles. The average molecular weight is 491 g/mol. The fourth-order valence-electron chi connectivity index (χ4n) is 5.27. The Balaban J connectivity index is 1.92. The van der Waals surface area contributed by atoms with Gasteiger partial charge in [0, 0.05) is 24.3 Å². The van der Waals surface area contributed by atoms with Gasteiger partial charge in [0.05, 0.1) is 37.4 Å². The summed E-state index contributed by atoms with van der Waals surface area (Å²) in [5.41, 5.74) is 3.91. The Labute approximate surface area is 211 Å². The molecule has 36 heavy (non-hydrogen) atoms. The number of rotatable bonds is 9. The number of hydrogen-bond donors (Lipinski definition) is 1. The van der Waals surface area contributed by atoms with Gasteiger partial charge < -0.3 is 19.4 Å². The van der Waals surface area contributed by atoms with E-state index >= 15 is 0 Å². The molecule has 3 aromatic rings. The smallest absolute Gasteiger partial charge is 0.337 e. The molecular weight excluding hydrogens is 456 g/mol. The second kappa shape index (κ2) is 11.0. The third-order valence-corrected chi connectivity index (χ3v) is 7.00. The zero-order valence-corrected chi connectivity index (χ0v) is 21.5. The lowest BCUT2D eigenvalue weighted by Crippen LogP contribution is -2.15. The van der Waals surface area contributed by atoms with Gasteiger partial charge in [-0.05, 0) is 48.9 Å². The third kappa shape index (κ3) is 5.01. The van der Waals surface area contributed by atoms with Crippen molar-refractivity contribution in [1.82, 2.24) is 4.57 Å². The number of anilines is 1. The summed E-state index contributed by atoms with van der Waals surface area (Å²) in [5.74, 6) is 0.852. The number of ether oxygens (including phenoxy) is 2. The molecule has 0 radical (unpaired) electrons. The number of carbonyl (C=O) groups excluding carboxylic acids is 3. The summed E-state index contributed by atoms with van der Waals surface area (Å²) in [6.45, 7) is 3.77. The molecular formula is C29H34N2O5. The van der Waals surface area contributed by atoms with E-state index < -0.39 is 5.97 Å². The van der Waals surface area contributed by atoms with Crippen LogP contribution in [0.25, 0.3) is 10.9 Å². The van der Waals surface area contributed by atoms with Crippen LogP contribution in [0, 0.1) is 0 Å². The molecule has 7 heteroatoms. The topological polar surface area (TPSA) is 86.6 Å². The Hall–Kier alpha value is -3.61. The summed E-state index contributed by atoms with van der Waals surface area (Å²) in [5, 5.41) is 3.78. The molecule has 190 valence electrons. The lowest BCUT2D eigenvalue weighted by Gasteiger charge is -2.16. The van der Waals surface area contributed by atoms with Gasteiger partial charge in [-0.2, -0.15) is 0 Å². The molecule has 1 amide bonds. The molecule has 1 aliphatic carbocycles. The highest BCUT2D eigenvalue weighted by Gasteiger charge is 2.26. The van der Waals surface area contributed by atoms with Crippen molar-refractivity contribution < 1.29 is 23.9 Å². The predicted molar refractivity (Wildman–Crippen MR) is 140 cm³/mol. The van der Waals surface area contributed by atoms with E-state index in [9.17, 15) is 14.4 Å². The van der Waals surface area contributed by atoms with Crippen molar-refractivity contribution in [2.75, 3.05) is 19.5 Å². The molecule has 0 unspecified atom stereocenters. The zero-order valence-electron chi connectivity index (χ0n) is 21.5. The van der Waals surface area contributed by atoms with Crippen LogP contribution in [0.3, 0.4) is 0 Å². The van der Waals surface area contributed by atoms with Crippen LogP contribution in [-0.2, 0) is 16.1 Å². The predicted octanol–water partition coefficient (Wildman–Crippen LogP) is 6.08. The molecule has 1 aliphatic rings. The molecule has 1 fully saturated rings. The summed E-state index contributed by atoms with van der Waals surface area (Å²) in [6.07, 6.45) is 5.89. The number of amides is 1. The number of esters is 1. The largest absolute Gasteiger partial charge is 0.496 e. The Morgan fingerprint density at radius 3 is 2.44 bits per heavy atom. The Morgan fingerprint density at radius 1 is 1.06 bits per heavy atom. The van der Waals surface area contributed by atoms with Crippen molar-refractivity contribution in [1.29, 1.82) is 0 Å². The molecule has 0 bridgehead atoms. The first-order valence-corrected chi connectivity index (χ1v) is 12.6. The van der Waals surface area contributed by atoms with Gasteiger partial charge in [-0.15, -0.1) is 0 Å². The van der Waals surface area contributed by atoms with Crippen LogP contribution in [0.15, 0.2) is 36.4 Å². The number of nitrogens with zero attached hydrogens (tertiary/aromatic N) is 1. The lowest BCUT2D eigenvalue weighted by molar-refractivity contribution is -0.114. The second-order valence-electron chi connectivity index (χ2n) is 9.44. The van der Waals surface area contributed by atoms with E-state index in [4.69, 9.17) is 9.47 Å². The van der Waals surface area contributed by atoms with Crippen molar-refractivity contribution in [3.05, 3.63) is 58.7 Å². The number of carbonyl (C=O) groups is 3. The number of benzene rings is 2. The molecule has 1 N–H and O–H groups in total. The van der Waals surface area contributed by atoms with Crippen molar-refractivity contribution in [2.45, 2.75) is 64.8 Å². The van der Waals surface area contributed by atoms with Gasteiger partial charge in [-0.3, -0.25) is 9.59 Å². The van der Waals surface area contributed by atoms with Crippen LogP contribution in [0.2, 0.25) is 0 Å². The Morgan fingerprint density at radius 2 is 1.81 bits per heavy atom. The lowest BCUT2D eigenvalue weighted by atomic mass is 9.95. The molecule has 4 rings (SSSR count). The number of Topliss-reactive ketones (excluding diaryl/α,β-unsaturated/α-hetero) is 1. The van der Waals surface area contributed by atoms with Crippen LogP contribution in [0.1, 0.15) is 90.1 Å². The van der Waals surface area contributed by atoms with Gasteiger partial charge >= 0.3 is 5.97 Å². The van der Waals surface area contributed by atoms with Crippen LogP contribution in [0.4, 0.5) is 5.82 Å². The van der Waals surface area contributed by atoms with Crippen molar-refractivity contribution >= 4 is 34.4 Å². The van der Waals surface area contributed by atoms with Crippen molar-refractivity contribution in [3.8, 4) is 5.75 Å². The molecule has 1 aromatic heterocycles. The maximum atomic E-state index is 13.3. The maximum Gasteiger partial charge on any atom is 0.337 e. The average Bonchev–Trinajstić information content (AvgIpc) is 3.50. The standard InChI is InChI=1S/C29H34N2O5/c1-5-8-25(33)27-23-14-13-20(19-9-6-7-10-19)15-24(23)31(28(27)30-18(2)32)17-22-12-11-21(29(34)36-4)16-26(22)35-3/h11-16,19H,5-10,17H2,1-4H3,(H,30,32). The van der Waals surface area contributed by atoms with Crippen LogP contribution in [-0.4, -0.2) is 36.4 Å². The third-order valence-electron chi connectivity index (χ3n) is 7.00. The molecule has 7 nitrogen and oxygen atoms in total. The van der Waals surface area contributed by atoms with Gasteiger partial charge in [0.1, 0.15) is 11.6 Å². The molecule has 0 atom stereocenters.